The quantitative estimate of drug-likeness (QED) is 0.583. The summed E-state index contributed by atoms with van der Waals surface area (Å²) in [7, 11) is 1.61. The van der Waals surface area contributed by atoms with E-state index in [2.05, 4.69) is 4.98 Å². The lowest BCUT2D eigenvalue weighted by atomic mass is 10.0. The molecule has 2 aromatic heterocycles. The normalized spacial score (nSPS) is 11.0. The van der Waals surface area contributed by atoms with Gasteiger partial charge in [0.05, 0.1) is 12.6 Å². The summed E-state index contributed by atoms with van der Waals surface area (Å²) in [6.07, 6.45) is 1.76. The van der Waals surface area contributed by atoms with Gasteiger partial charge in [-0.05, 0) is 23.8 Å². The Hall–Kier alpha value is -2.92. The van der Waals surface area contributed by atoms with Crippen molar-refractivity contribution in [2.45, 2.75) is 0 Å². The van der Waals surface area contributed by atoms with E-state index in [4.69, 9.17) is 4.74 Å². The number of fused-ring (bicyclic) bond motifs is 3. The van der Waals surface area contributed by atoms with Gasteiger partial charge in [-0.1, -0.05) is 30.3 Å². The molecule has 0 bridgehead atoms. The predicted molar refractivity (Wildman–Crippen MR) is 96.1 cm³/mol. The molecule has 0 amide bonds. The van der Waals surface area contributed by atoms with Gasteiger partial charge in [0, 0.05) is 27.2 Å². The van der Waals surface area contributed by atoms with Crippen molar-refractivity contribution in [3.8, 4) is 16.9 Å². The van der Waals surface area contributed by atoms with Crippen LogP contribution < -0.4 is 4.74 Å². The SMILES string of the molecule is COc1ccc2ncc3c(-c4ccccc4)c(C(=O)O)sc3c2c1. The van der Waals surface area contributed by atoms with Crippen molar-refractivity contribution in [3.05, 3.63) is 59.6 Å². The Balaban J connectivity index is 2.13. The summed E-state index contributed by atoms with van der Waals surface area (Å²) in [5, 5.41) is 11.4. The van der Waals surface area contributed by atoms with Gasteiger partial charge in [-0.3, -0.25) is 4.98 Å². The van der Waals surface area contributed by atoms with Gasteiger partial charge in [-0.15, -0.1) is 11.3 Å². The predicted octanol–water partition coefficient (Wildman–Crippen LogP) is 4.82. The van der Waals surface area contributed by atoms with Crippen LogP contribution in [0.4, 0.5) is 0 Å². The van der Waals surface area contributed by atoms with Gasteiger partial charge < -0.3 is 9.84 Å². The topological polar surface area (TPSA) is 59.4 Å². The summed E-state index contributed by atoms with van der Waals surface area (Å²) >= 11 is 1.28. The second-order valence-corrected chi connectivity index (χ2v) is 6.38. The zero-order valence-electron chi connectivity index (χ0n) is 12.8. The monoisotopic (exact) mass is 335 g/mol. The first kappa shape index (κ1) is 14.7. The summed E-state index contributed by atoms with van der Waals surface area (Å²) in [5.74, 6) is -0.200. The van der Waals surface area contributed by atoms with E-state index in [-0.39, 0.29) is 0 Å². The molecule has 0 unspecified atom stereocenters. The minimum Gasteiger partial charge on any atom is -0.497 e. The number of ether oxygens (including phenoxy) is 1. The van der Waals surface area contributed by atoms with E-state index in [1.54, 1.807) is 13.3 Å². The van der Waals surface area contributed by atoms with E-state index in [0.29, 0.717) is 4.88 Å². The van der Waals surface area contributed by atoms with E-state index in [0.717, 1.165) is 37.9 Å². The Kier molecular flexibility index (Phi) is 3.43. The van der Waals surface area contributed by atoms with Crippen molar-refractivity contribution in [2.75, 3.05) is 7.11 Å². The highest BCUT2D eigenvalue weighted by Gasteiger charge is 2.21. The van der Waals surface area contributed by atoms with Crippen LogP contribution in [-0.2, 0) is 0 Å². The number of nitrogens with zero attached hydrogens (tertiary/aromatic N) is 1. The third-order valence-electron chi connectivity index (χ3n) is 3.98. The van der Waals surface area contributed by atoms with E-state index in [9.17, 15) is 9.90 Å². The van der Waals surface area contributed by atoms with Gasteiger partial charge in [-0.2, -0.15) is 0 Å². The minimum atomic E-state index is -0.925. The lowest BCUT2D eigenvalue weighted by Gasteiger charge is -2.04. The van der Waals surface area contributed by atoms with Crippen LogP contribution in [0.15, 0.2) is 54.7 Å². The molecular weight excluding hydrogens is 322 g/mol. The Morgan fingerprint density at radius 3 is 2.62 bits per heavy atom. The fourth-order valence-electron chi connectivity index (χ4n) is 2.88. The molecule has 118 valence electrons. The van der Waals surface area contributed by atoms with Crippen molar-refractivity contribution >= 4 is 38.3 Å². The zero-order valence-corrected chi connectivity index (χ0v) is 13.6. The molecule has 24 heavy (non-hydrogen) atoms. The Bertz CT molecular complexity index is 1070. The summed E-state index contributed by atoms with van der Waals surface area (Å²) in [5.41, 5.74) is 2.42. The van der Waals surface area contributed by atoms with Crippen LogP contribution >= 0.6 is 11.3 Å². The number of benzene rings is 2. The summed E-state index contributed by atoms with van der Waals surface area (Å²) in [4.78, 5) is 16.6. The molecule has 2 aromatic carbocycles. The molecule has 4 aromatic rings. The molecule has 4 rings (SSSR count). The number of thiophene rings is 1. The van der Waals surface area contributed by atoms with Crippen LogP contribution in [0.25, 0.3) is 32.1 Å². The lowest BCUT2D eigenvalue weighted by molar-refractivity contribution is 0.0703. The van der Waals surface area contributed by atoms with E-state index in [1.807, 2.05) is 48.5 Å². The van der Waals surface area contributed by atoms with Crippen molar-refractivity contribution < 1.29 is 14.6 Å². The van der Waals surface area contributed by atoms with Crippen molar-refractivity contribution in [2.24, 2.45) is 0 Å². The number of hydrogen-bond acceptors (Lipinski definition) is 4. The van der Waals surface area contributed by atoms with Crippen molar-refractivity contribution in [3.63, 3.8) is 0 Å². The number of pyridine rings is 1. The highest BCUT2D eigenvalue weighted by atomic mass is 32.1. The first-order chi connectivity index (χ1) is 11.7. The maximum atomic E-state index is 11.8. The number of hydrogen-bond donors (Lipinski definition) is 1. The molecule has 0 saturated heterocycles. The fourth-order valence-corrected chi connectivity index (χ4v) is 4.04. The molecular formula is C19H13NO3S. The number of methoxy groups -OCH3 is 1. The van der Waals surface area contributed by atoms with Gasteiger partial charge in [0.1, 0.15) is 10.6 Å². The molecule has 4 nitrogen and oxygen atoms in total. The van der Waals surface area contributed by atoms with Crippen molar-refractivity contribution in [1.82, 2.24) is 4.98 Å². The average Bonchev–Trinajstić information content (AvgIpc) is 3.02. The molecule has 0 aliphatic rings. The second kappa shape index (κ2) is 5.62. The molecule has 0 aliphatic heterocycles. The van der Waals surface area contributed by atoms with Crippen LogP contribution in [0.1, 0.15) is 9.67 Å². The molecule has 2 heterocycles. The fraction of sp³-hybridized carbons (Fsp3) is 0.0526. The van der Waals surface area contributed by atoms with Gasteiger partial charge in [0.15, 0.2) is 0 Å². The number of carboxylic acids is 1. The molecule has 0 radical (unpaired) electrons. The largest absolute Gasteiger partial charge is 0.497 e. The summed E-state index contributed by atoms with van der Waals surface area (Å²) in [6.45, 7) is 0. The number of carboxylic acid groups (broad SMARTS) is 1. The number of carbonyl (C=O) groups is 1. The molecule has 0 aliphatic carbocycles. The maximum absolute atomic E-state index is 11.8. The average molecular weight is 335 g/mol. The Morgan fingerprint density at radius 2 is 1.92 bits per heavy atom. The summed E-state index contributed by atoms with van der Waals surface area (Å²) in [6, 6.07) is 15.2. The second-order valence-electron chi connectivity index (χ2n) is 5.36. The molecule has 0 saturated carbocycles. The maximum Gasteiger partial charge on any atom is 0.346 e. The van der Waals surface area contributed by atoms with Crippen LogP contribution in [0, 0.1) is 0 Å². The number of rotatable bonds is 3. The first-order valence-electron chi connectivity index (χ1n) is 7.37. The zero-order chi connectivity index (χ0) is 16.7. The third-order valence-corrected chi connectivity index (χ3v) is 5.21. The number of aromatic carboxylic acids is 1. The molecule has 0 spiro atoms. The van der Waals surface area contributed by atoms with Crippen LogP contribution in [0.5, 0.6) is 5.75 Å². The standard InChI is InChI=1S/C19H13NO3S/c1-23-12-7-8-15-13(9-12)17-14(10-20-15)16(18(24-17)19(21)22)11-5-3-2-4-6-11/h2-10H,1H3,(H,21,22). The van der Waals surface area contributed by atoms with Crippen LogP contribution in [0.2, 0.25) is 0 Å². The van der Waals surface area contributed by atoms with Crippen LogP contribution in [0.3, 0.4) is 0 Å². The van der Waals surface area contributed by atoms with E-state index < -0.39 is 5.97 Å². The van der Waals surface area contributed by atoms with Gasteiger partial charge in [0.25, 0.3) is 0 Å². The van der Waals surface area contributed by atoms with E-state index >= 15 is 0 Å². The molecule has 0 atom stereocenters. The van der Waals surface area contributed by atoms with Gasteiger partial charge in [0.2, 0.25) is 0 Å². The van der Waals surface area contributed by atoms with Crippen molar-refractivity contribution in [1.29, 1.82) is 0 Å². The molecule has 1 N–H and O–H groups in total. The Labute approximate surface area is 142 Å². The molecule has 5 heteroatoms. The van der Waals surface area contributed by atoms with Gasteiger partial charge in [-0.25, -0.2) is 4.79 Å². The van der Waals surface area contributed by atoms with Gasteiger partial charge >= 0.3 is 5.97 Å². The van der Waals surface area contributed by atoms with Crippen LogP contribution in [-0.4, -0.2) is 23.2 Å². The highest BCUT2D eigenvalue weighted by molar-refractivity contribution is 7.22. The lowest BCUT2D eigenvalue weighted by Crippen LogP contribution is -1.94. The summed E-state index contributed by atoms with van der Waals surface area (Å²) < 4.78 is 6.21. The minimum absolute atomic E-state index is 0.327. The third kappa shape index (κ3) is 2.21. The highest BCUT2D eigenvalue weighted by Crippen LogP contribution is 2.42. The first-order valence-corrected chi connectivity index (χ1v) is 8.18. The van der Waals surface area contributed by atoms with E-state index in [1.165, 1.54) is 11.3 Å². The Morgan fingerprint density at radius 1 is 1.12 bits per heavy atom. The molecule has 0 fully saturated rings. The smallest absolute Gasteiger partial charge is 0.346 e. The number of aromatic nitrogens is 1.